The van der Waals surface area contributed by atoms with Crippen molar-refractivity contribution < 1.29 is 14.4 Å². The largest absolute Gasteiger partial charge is 0.342 e. The number of amides is 2. The van der Waals surface area contributed by atoms with Gasteiger partial charge in [0.25, 0.3) is 5.91 Å². The first kappa shape index (κ1) is 22.5. The molecule has 4 rings (SSSR count). The van der Waals surface area contributed by atoms with Crippen molar-refractivity contribution in [2.45, 2.75) is 32.6 Å². The number of piperidine rings is 2. The Hall–Kier alpha value is -2.66. The zero-order valence-electron chi connectivity index (χ0n) is 18.4. The van der Waals surface area contributed by atoms with Gasteiger partial charge in [-0.25, -0.2) is 0 Å². The molecule has 0 radical (unpaired) electrons. The van der Waals surface area contributed by atoms with Crippen LogP contribution in [0.15, 0.2) is 48.5 Å². The standard InChI is InChI=1S/C26H29ClN2O3/c1-18-4-6-19(7-5-18)24(30)20-12-15-28(16-13-20)26(32)22-3-2-14-29(17-22)25(31)21-8-10-23(27)11-9-21/h4-11,20,22H,2-3,12-17H2,1H3. The lowest BCUT2D eigenvalue weighted by Crippen LogP contribution is -2.49. The van der Waals surface area contributed by atoms with Crippen molar-refractivity contribution in [2.24, 2.45) is 11.8 Å². The lowest BCUT2D eigenvalue weighted by Gasteiger charge is -2.37. The summed E-state index contributed by atoms with van der Waals surface area (Å²) in [6, 6.07) is 14.6. The molecule has 0 aromatic heterocycles. The Morgan fingerprint density at radius 2 is 1.41 bits per heavy atom. The molecule has 2 aromatic carbocycles. The van der Waals surface area contributed by atoms with E-state index >= 15 is 0 Å². The monoisotopic (exact) mass is 452 g/mol. The minimum absolute atomic E-state index is 0.0314. The Balaban J connectivity index is 1.32. The van der Waals surface area contributed by atoms with Crippen LogP contribution in [0.25, 0.3) is 0 Å². The zero-order valence-corrected chi connectivity index (χ0v) is 19.2. The number of hydrogen-bond acceptors (Lipinski definition) is 3. The van der Waals surface area contributed by atoms with E-state index in [4.69, 9.17) is 11.6 Å². The van der Waals surface area contributed by atoms with Crippen molar-refractivity contribution in [3.8, 4) is 0 Å². The van der Waals surface area contributed by atoms with Gasteiger partial charge in [0.2, 0.25) is 5.91 Å². The summed E-state index contributed by atoms with van der Waals surface area (Å²) >= 11 is 5.93. The molecule has 1 unspecified atom stereocenters. The second kappa shape index (κ2) is 9.86. The van der Waals surface area contributed by atoms with Crippen LogP contribution in [0.4, 0.5) is 0 Å². The van der Waals surface area contributed by atoms with Gasteiger partial charge < -0.3 is 9.80 Å². The van der Waals surface area contributed by atoms with E-state index in [9.17, 15) is 14.4 Å². The van der Waals surface area contributed by atoms with Gasteiger partial charge >= 0.3 is 0 Å². The van der Waals surface area contributed by atoms with E-state index in [2.05, 4.69) is 0 Å². The minimum Gasteiger partial charge on any atom is -0.342 e. The number of hydrogen-bond donors (Lipinski definition) is 0. The third kappa shape index (κ3) is 5.04. The molecule has 2 amide bonds. The van der Waals surface area contributed by atoms with Crippen LogP contribution in [0.3, 0.4) is 0 Å². The van der Waals surface area contributed by atoms with Crippen LogP contribution < -0.4 is 0 Å². The number of carbonyl (C=O) groups is 3. The summed E-state index contributed by atoms with van der Waals surface area (Å²) in [5, 5.41) is 0.595. The number of aryl methyl sites for hydroxylation is 1. The number of nitrogens with zero attached hydrogens (tertiary/aromatic N) is 2. The molecule has 1 atom stereocenters. The Bertz CT molecular complexity index is 979. The average Bonchev–Trinajstić information content (AvgIpc) is 2.84. The lowest BCUT2D eigenvalue weighted by atomic mass is 9.87. The van der Waals surface area contributed by atoms with Crippen molar-refractivity contribution in [1.82, 2.24) is 9.80 Å². The number of halogens is 1. The maximum atomic E-state index is 13.2. The Kier molecular flexibility index (Phi) is 6.95. The van der Waals surface area contributed by atoms with Crippen LogP contribution in [0.5, 0.6) is 0 Å². The van der Waals surface area contributed by atoms with E-state index < -0.39 is 0 Å². The number of carbonyl (C=O) groups excluding carboxylic acids is 3. The highest BCUT2D eigenvalue weighted by Gasteiger charge is 2.34. The highest BCUT2D eigenvalue weighted by Crippen LogP contribution is 2.26. The second-order valence-electron chi connectivity index (χ2n) is 8.93. The van der Waals surface area contributed by atoms with E-state index in [1.165, 1.54) is 0 Å². The van der Waals surface area contributed by atoms with Gasteiger partial charge in [-0.15, -0.1) is 0 Å². The molecule has 2 aliphatic heterocycles. The number of likely N-dealkylation sites (tertiary alicyclic amines) is 2. The molecule has 32 heavy (non-hydrogen) atoms. The van der Waals surface area contributed by atoms with Gasteiger partial charge in [-0.2, -0.15) is 0 Å². The molecular weight excluding hydrogens is 424 g/mol. The summed E-state index contributed by atoms with van der Waals surface area (Å²) in [4.78, 5) is 42.5. The fraction of sp³-hybridized carbons (Fsp3) is 0.423. The summed E-state index contributed by atoms with van der Waals surface area (Å²) in [6.07, 6.45) is 3.00. The van der Waals surface area contributed by atoms with E-state index in [0.29, 0.717) is 49.6 Å². The fourth-order valence-corrected chi connectivity index (χ4v) is 4.84. The van der Waals surface area contributed by atoms with Gasteiger partial charge in [0.1, 0.15) is 0 Å². The number of benzene rings is 2. The maximum Gasteiger partial charge on any atom is 0.253 e. The van der Waals surface area contributed by atoms with Crippen molar-refractivity contribution in [3.63, 3.8) is 0 Å². The molecule has 2 saturated heterocycles. The first-order valence-corrected chi connectivity index (χ1v) is 11.7. The van der Waals surface area contributed by atoms with Crippen molar-refractivity contribution >= 4 is 29.2 Å². The molecule has 2 fully saturated rings. The van der Waals surface area contributed by atoms with Crippen LogP contribution in [-0.4, -0.2) is 53.6 Å². The topological polar surface area (TPSA) is 57.7 Å². The van der Waals surface area contributed by atoms with Crippen LogP contribution in [0.2, 0.25) is 5.02 Å². The van der Waals surface area contributed by atoms with Crippen LogP contribution >= 0.6 is 11.6 Å². The molecule has 2 aromatic rings. The zero-order chi connectivity index (χ0) is 22.7. The first-order chi connectivity index (χ1) is 15.4. The van der Waals surface area contributed by atoms with Gasteiger partial charge in [-0.1, -0.05) is 41.4 Å². The van der Waals surface area contributed by atoms with Gasteiger partial charge in [-0.05, 0) is 56.9 Å². The number of Topliss-reactive ketones (excluding diaryl/α,β-unsaturated/α-hetero) is 1. The number of ketones is 1. The first-order valence-electron chi connectivity index (χ1n) is 11.4. The molecule has 0 spiro atoms. The Morgan fingerprint density at radius 1 is 0.781 bits per heavy atom. The molecule has 0 bridgehead atoms. The second-order valence-corrected chi connectivity index (χ2v) is 9.36. The SMILES string of the molecule is Cc1ccc(C(=O)C2CCN(C(=O)C3CCCN(C(=O)c4ccc(Cl)cc4)C3)CC2)cc1. The van der Waals surface area contributed by atoms with Crippen molar-refractivity contribution in [1.29, 1.82) is 0 Å². The Labute approximate surface area is 194 Å². The van der Waals surface area contributed by atoms with E-state index in [1.807, 2.05) is 36.1 Å². The van der Waals surface area contributed by atoms with Crippen molar-refractivity contribution in [2.75, 3.05) is 26.2 Å². The van der Waals surface area contributed by atoms with Crippen LogP contribution in [0.1, 0.15) is 52.0 Å². The van der Waals surface area contributed by atoms with Gasteiger partial charge in [-0.3, -0.25) is 14.4 Å². The third-order valence-corrected chi connectivity index (χ3v) is 6.91. The van der Waals surface area contributed by atoms with E-state index in [1.54, 1.807) is 29.2 Å². The lowest BCUT2D eigenvalue weighted by molar-refractivity contribution is -0.138. The summed E-state index contributed by atoms with van der Waals surface area (Å²) < 4.78 is 0. The maximum absolute atomic E-state index is 13.2. The molecule has 6 heteroatoms. The summed E-state index contributed by atoms with van der Waals surface area (Å²) in [6.45, 7) is 4.32. The van der Waals surface area contributed by atoms with Crippen LogP contribution in [0, 0.1) is 18.8 Å². The fourth-order valence-electron chi connectivity index (χ4n) is 4.71. The average molecular weight is 453 g/mol. The Morgan fingerprint density at radius 3 is 2.06 bits per heavy atom. The molecule has 168 valence electrons. The summed E-state index contributed by atoms with van der Waals surface area (Å²) in [7, 11) is 0. The molecule has 2 aliphatic rings. The number of rotatable bonds is 4. The molecule has 2 heterocycles. The van der Waals surface area contributed by atoms with Gasteiger partial charge in [0.05, 0.1) is 5.92 Å². The van der Waals surface area contributed by atoms with E-state index in [0.717, 1.165) is 24.0 Å². The molecule has 5 nitrogen and oxygen atoms in total. The summed E-state index contributed by atoms with van der Waals surface area (Å²) in [5.74, 6) is 0.0244. The molecular formula is C26H29ClN2O3. The quantitative estimate of drug-likeness (QED) is 0.636. The van der Waals surface area contributed by atoms with Gasteiger partial charge in [0, 0.05) is 48.2 Å². The summed E-state index contributed by atoms with van der Waals surface area (Å²) in [5.41, 5.74) is 2.49. The normalized spacial score (nSPS) is 19.6. The van der Waals surface area contributed by atoms with Crippen LogP contribution in [-0.2, 0) is 4.79 Å². The smallest absolute Gasteiger partial charge is 0.253 e. The van der Waals surface area contributed by atoms with Gasteiger partial charge in [0.15, 0.2) is 5.78 Å². The predicted molar refractivity (Wildman–Crippen MR) is 125 cm³/mol. The third-order valence-electron chi connectivity index (χ3n) is 6.66. The van der Waals surface area contributed by atoms with E-state index in [-0.39, 0.29) is 29.4 Å². The predicted octanol–water partition coefficient (Wildman–Crippen LogP) is 4.62. The minimum atomic E-state index is -0.177. The highest BCUT2D eigenvalue weighted by atomic mass is 35.5. The molecule has 0 N–H and O–H groups in total. The molecule has 0 aliphatic carbocycles. The highest BCUT2D eigenvalue weighted by molar-refractivity contribution is 6.30. The van der Waals surface area contributed by atoms with Crippen molar-refractivity contribution in [3.05, 3.63) is 70.2 Å². The molecule has 0 saturated carbocycles.